The minimum atomic E-state index is -0.164. The molecule has 0 saturated carbocycles. The van der Waals surface area contributed by atoms with E-state index in [9.17, 15) is 9.59 Å². The second-order valence-electron chi connectivity index (χ2n) is 7.25. The second kappa shape index (κ2) is 9.57. The van der Waals surface area contributed by atoms with Gasteiger partial charge in [-0.1, -0.05) is 54.1 Å². The van der Waals surface area contributed by atoms with Crippen molar-refractivity contribution in [1.29, 1.82) is 0 Å². The number of aromatic nitrogens is 4. The highest BCUT2D eigenvalue weighted by Gasteiger charge is 2.11. The Morgan fingerprint density at radius 2 is 1.87 bits per heavy atom. The highest BCUT2D eigenvalue weighted by atomic mass is 35.5. The Bertz CT molecular complexity index is 1250. The zero-order valence-electron chi connectivity index (χ0n) is 16.9. The van der Waals surface area contributed by atoms with E-state index >= 15 is 0 Å². The number of rotatable bonds is 8. The normalized spacial score (nSPS) is 11.0. The lowest BCUT2D eigenvalue weighted by atomic mass is 10.1. The SMILES string of the molecule is O=C(CCc1ccccc1)NCCn1ncc2c(=O)n(Cc3cccc(Cl)c3)cnc21. The number of hydrogen-bond donors (Lipinski definition) is 1. The third-order valence-electron chi connectivity index (χ3n) is 4.99. The van der Waals surface area contributed by atoms with E-state index in [1.54, 1.807) is 10.7 Å². The van der Waals surface area contributed by atoms with Gasteiger partial charge in [-0.2, -0.15) is 5.10 Å². The molecule has 0 spiro atoms. The monoisotopic (exact) mass is 435 g/mol. The zero-order valence-corrected chi connectivity index (χ0v) is 17.6. The van der Waals surface area contributed by atoms with Crippen molar-refractivity contribution < 1.29 is 4.79 Å². The number of carbonyl (C=O) groups is 1. The van der Waals surface area contributed by atoms with Gasteiger partial charge in [-0.05, 0) is 29.7 Å². The van der Waals surface area contributed by atoms with Crippen LogP contribution in [0.15, 0.2) is 71.9 Å². The number of carbonyl (C=O) groups excluding carboxylic acids is 1. The number of halogens is 1. The van der Waals surface area contributed by atoms with E-state index in [4.69, 9.17) is 11.6 Å². The molecule has 0 atom stereocenters. The summed E-state index contributed by atoms with van der Waals surface area (Å²) in [6.07, 6.45) is 4.17. The van der Waals surface area contributed by atoms with Gasteiger partial charge in [0.25, 0.3) is 5.56 Å². The highest BCUT2D eigenvalue weighted by molar-refractivity contribution is 6.30. The summed E-state index contributed by atoms with van der Waals surface area (Å²) < 4.78 is 3.17. The molecule has 0 bridgehead atoms. The van der Waals surface area contributed by atoms with Crippen LogP contribution >= 0.6 is 11.6 Å². The summed E-state index contributed by atoms with van der Waals surface area (Å²) in [7, 11) is 0. The number of amides is 1. The number of nitrogens with zero attached hydrogens (tertiary/aromatic N) is 4. The van der Waals surface area contributed by atoms with Crippen molar-refractivity contribution in [2.75, 3.05) is 6.54 Å². The van der Waals surface area contributed by atoms with Crippen molar-refractivity contribution in [3.05, 3.63) is 93.6 Å². The minimum Gasteiger partial charge on any atom is -0.354 e. The van der Waals surface area contributed by atoms with Crippen molar-refractivity contribution in [3.63, 3.8) is 0 Å². The molecular weight excluding hydrogens is 414 g/mol. The lowest BCUT2D eigenvalue weighted by Gasteiger charge is -2.08. The molecule has 0 radical (unpaired) electrons. The largest absolute Gasteiger partial charge is 0.354 e. The molecule has 0 aliphatic carbocycles. The van der Waals surface area contributed by atoms with Crippen LogP contribution in [-0.2, 0) is 24.3 Å². The number of benzene rings is 2. The van der Waals surface area contributed by atoms with Crippen molar-refractivity contribution in [2.45, 2.75) is 25.9 Å². The minimum absolute atomic E-state index is 0.0165. The third-order valence-corrected chi connectivity index (χ3v) is 5.23. The van der Waals surface area contributed by atoms with E-state index in [-0.39, 0.29) is 11.5 Å². The van der Waals surface area contributed by atoms with Crippen molar-refractivity contribution in [2.24, 2.45) is 0 Å². The summed E-state index contributed by atoms with van der Waals surface area (Å²) in [5.74, 6) is -0.0165. The standard InChI is InChI=1S/C23H22ClN5O2/c24-19-8-4-7-18(13-19)15-28-16-26-22-20(23(28)31)14-27-29(22)12-11-25-21(30)10-9-17-5-2-1-3-6-17/h1-8,13-14,16H,9-12,15H2,(H,25,30). The molecule has 0 aliphatic heterocycles. The molecule has 1 N–H and O–H groups in total. The summed E-state index contributed by atoms with van der Waals surface area (Å²) in [6, 6.07) is 17.3. The van der Waals surface area contributed by atoms with Gasteiger partial charge in [-0.25, -0.2) is 9.67 Å². The molecule has 31 heavy (non-hydrogen) atoms. The molecule has 0 saturated heterocycles. The van der Waals surface area contributed by atoms with Crippen molar-refractivity contribution in [1.82, 2.24) is 24.6 Å². The molecule has 7 nitrogen and oxygen atoms in total. The Labute approximate surface area is 184 Å². The van der Waals surface area contributed by atoms with Gasteiger partial charge in [-0.15, -0.1) is 0 Å². The topological polar surface area (TPSA) is 81.8 Å². The van der Waals surface area contributed by atoms with Gasteiger partial charge in [0.05, 0.1) is 19.3 Å². The molecule has 1 amide bonds. The smallest absolute Gasteiger partial charge is 0.264 e. The first-order valence-corrected chi connectivity index (χ1v) is 10.4. The fourth-order valence-electron chi connectivity index (χ4n) is 3.40. The van der Waals surface area contributed by atoms with Gasteiger partial charge in [-0.3, -0.25) is 14.2 Å². The first-order chi connectivity index (χ1) is 15.1. The summed E-state index contributed by atoms with van der Waals surface area (Å²) >= 11 is 6.02. The van der Waals surface area contributed by atoms with Crippen LogP contribution in [0.3, 0.4) is 0 Å². The molecule has 0 fully saturated rings. The van der Waals surface area contributed by atoms with E-state index in [2.05, 4.69) is 15.4 Å². The molecule has 0 aliphatic rings. The van der Waals surface area contributed by atoms with Crippen LogP contribution in [-0.4, -0.2) is 31.8 Å². The Kier molecular flexibility index (Phi) is 6.43. The summed E-state index contributed by atoms with van der Waals surface area (Å²) in [5.41, 5.74) is 2.39. The van der Waals surface area contributed by atoms with Crippen LogP contribution in [0.1, 0.15) is 17.5 Å². The van der Waals surface area contributed by atoms with Crippen molar-refractivity contribution >= 4 is 28.5 Å². The fourth-order valence-corrected chi connectivity index (χ4v) is 3.61. The number of fused-ring (bicyclic) bond motifs is 1. The van der Waals surface area contributed by atoms with Crippen LogP contribution in [0.25, 0.3) is 11.0 Å². The first kappa shape index (κ1) is 20.8. The third kappa shape index (κ3) is 5.19. The Hall–Kier alpha value is -3.45. The van der Waals surface area contributed by atoms with Gasteiger partial charge in [0.1, 0.15) is 11.7 Å². The molecule has 2 aromatic heterocycles. The van der Waals surface area contributed by atoms with E-state index in [0.29, 0.717) is 48.5 Å². The van der Waals surface area contributed by atoms with Gasteiger partial charge < -0.3 is 5.32 Å². The van der Waals surface area contributed by atoms with E-state index in [0.717, 1.165) is 11.1 Å². The predicted molar refractivity (Wildman–Crippen MR) is 120 cm³/mol. The maximum absolute atomic E-state index is 12.8. The number of aryl methyl sites for hydroxylation is 1. The average molecular weight is 436 g/mol. The molecule has 4 aromatic rings. The summed E-state index contributed by atoms with van der Waals surface area (Å²) in [6.45, 7) is 1.23. The average Bonchev–Trinajstić information content (AvgIpc) is 3.19. The van der Waals surface area contributed by atoms with Crippen LogP contribution in [0.2, 0.25) is 5.02 Å². The van der Waals surface area contributed by atoms with E-state index in [1.807, 2.05) is 48.5 Å². The van der Waals surface area contributed by atoms with Gasteiger partial charge in [0.15, 0.2) is 5.65 Å². The van der Waals surface area contributed by atoms with Gasteiger partial charge in [0, 0.05) is 18.0 Å². The summed E-state index contributed by atoms with van der Waals surface area (Å²) in [5, 5.41) is 8.24. The predicted octanol–water partition coefficient (Wildman–Crippen LogP) is 3.04. The number of hydrogen-bond acceptors (Lipinski definition) is 4. The molecular formula is C23H22ClN5O2. The lowest BCUT2D eigenvalue weighted by Crippen LogP contribution is -2.28. The van der Waals surface area contributed by atoms with Crippen LogP contribution in [0.4, 0.5) is 0 Å². The second-order valence-corrected chi connectivity index (χ2v) is 7.68. The van der Waals surface area contributed by atoms with E-state index in [1.165, 1.54) is 17.1 Å². The number of nitrogens with one attached hydrogen (secondary N) is 1. The molecule has 0 unspecified atom stereocenters. The van der Waals surface area contributed by atoms with E-state index < -0.39 is 0 Å². The highest BCUT2D eigenvalue weighted by Crippen LogP contribution is 2.12. The zero-order chi connectivity index (χ0) is 21.6. The first-order valence-electron chi connectivity index (χ1n) is 10.1. The lowest BCUT2D eigenvalue weighted by molar-refractivity contribution is -0.121. The maximum atomic E-state index is 12.8. The molecule has 4 rings (SSSR count). The maximum Gasteiger partial charge on any atom is 0.264 e. The van der Waals surface area contributed by atoms with Gasteiger partial charge >= 0.3 is 0 Å². The van der Waals surface area contributed by atoms with Crippen LogP contribution in [0, 0.1) is 0 Å². The van der Waals surface area contributed by atoms with Crippen molar-refractivity contribution in [3.8, 4) is 0 Å². The Morgan fingerprint density at radius 3 is 2.68 bits per heavy atom. The van der Waals surface area contributed by atoms with Gasteiger partial charge in [0.2, 0.25) is 5.91 Å². The molecule has 2 heterocycles. The van der Waals surface area contributed by atoms with Crippen LogP contribution < -0.4 is 10.9 Å². The Balaban J connectivity index is 1.36. The fraction of sp³-hybridized carbons (Fsp3) is 0.217. The Morgan fingerprint density at radius 1 is 1.06 bits per heavy atom. The molecule has 158 valence electrons. The molecule has 2 aromatic carbocycles. The van der Waals surface area contributed by atoms with Crippen LogP contribution in [0.5, 0.6) is 0 Å². The summed E-state index contributed by atoms with van der Waals surface area (Å²) in [4.78, 5) is 29.3. The quantitative estimate of drug-likeness (QED) is 0.461. The molecule has 8 heteroatoms.